The molecule has 1 fully saturated rings. The topological polar surface area (TPSA) is 27.0 Å². The fourth-order valence-corrected chi connectivity index (χ4v) is 2.17. The molecule has 0 saturated heterocycles. The van der Waals surface area contributed by atoms with Crippen LogP contribution in [-0.4, -0.2) is 17.5 Å². The van der Waals surface area contributed by atoms with Crippen molar-refractivity contribution in [1.82, 2.24) is 4.90 Å². The monoisotopic (exact) mass is 242 g/mol. The molecule has 0 heterocycles. The second kappa shape index (κ2) is 6.02. The van der Waals surface area contributed by atoms with Gasteiger partial charge in [-0.05, 0) is 49.4 Å². The summed E-state index contributed by atoms with van der Waals surface area (Å²) in [5.74, 6) is 0.771. The van der Waals surface area contributed by atoms with Gasteiger partial charge in [-0.1, -0.05) is 26.0 Å². The molecule has 2 nitrogen and oxygen atoms in total. The summed E-state index contributed by atoms with van der Waals surface area (Å²) in [6, 6.07) is 11.0. The molecular weight excluding hydrogens is 220 g/mol. The first-order valence-corrected chi connectivity index (χ1v) is 6.92. The van der Waals surface area contributed by atoms with Crippen LogP contribution in [0.5, 0.6) is 0 Å². The van der Waals surface area contributed by atoms with Gasteiger partial charge in [-0.2, -0.15) is 5.26 Å². The first-order chi connectivity index (χ1) is 8.69. The van der Waals surface area contributed by atoms with E-state index >= 15 is 0 Å². The minimum absolute atomic E-state index is 0.749. The Morgan fingerprint density at radius 1 is 1.28 bits per heavy atom. The van der Waals surface area contributed by atoms with Crippen molar-refractivity contribution in [2.75, 3.05) is 6.54 Å². The number of nitrogens with zero attached hydrogens (tertiary/aromatic N) is 2. The smallest absolute Gasteiger partial charge is 0.0991 e. The first-order valence-electron chi connectivity index (χ1n) is 6.92. The van der Waals surface area contributed by atoms with Crippen molar-refractivity contribution in [2.45, 2.75) is 45.7 Å². The van der Waals surface area contributed by atoms with E-state index in [1.807, 2.05) is 12.1 Å². The molecule has 0 unspecified atom stereocenters. The molecule has 0 spiro atoms. The highest BCUT2D eigenvalue weighted by molar-refractivity contribution is 5.31. The molecule has 0 aliphatic heterocycles. The molecule has 1 aromatic rings. The lowest BCUT2D eigenvalue weighted by Crippen LogP contribution is -2.27. The Morgan fingerprint density at radius 2 is 1.94 bits per heavy atom. The summed E-state index contributed by atoms with van der Waals surface area (Å²) < 4.78 is 0. The van der Waals surface area contributed by atoms with Crippen LogP contribution >= 0.6 is 0 Å². The summed E-state index contributed by atoms with van der Waals surface area (Å²) in [7, 11) is 0. The highest BCUT2D eigenvalue weighted by Crippen LogP contribution is 2.28. The van der Waals surface area contributed by atoms with Crippen molar-refractivity contribution >= 4 is 0 Å². The normalized spacial score (nSPS) is 15.1. The molecule has 0 N–H and O–H groups in total. The van der Waals surface area contributed by atoms with Gasteiger partial charge in [0.1, 0.15) is 0 Å². The molecule has 2 heteroatoms. The van der Waals surface area contributed by atoms with Gasteiger partial charge >= 0.3 is 0 Å². The largest absolute Gasteiger partial charge is 0.296 e. The highest BCUT2D eigenvalue weighted by atomic mass is 15.2. The van der Waals surface area contributed by atoms with Gasteiger partial charge < -0.3 is 0 Å². The van der Waals surface area contributed by atoms with Gasteiger partial charge in [0.25, 0.3) is 0 Å². The predicted molar refractivity (Wildman–Crippen MR) is 74.0 cm³/mol. The lowest BCUT2D eigenvalue weighted by Gasteiger charge is -2.23. The van der Waals surface area contributed by atoms with Crippen LogP contribution < -0.4 is 0 Å². The summed E-state index contributed by atoms with van der Waals surface area (Å²) >= 11 is 0. The molecule has 0 atom stereocenters. The standard InChI is InChI=1S/C16H22N2/c1-13(2)9-10-18(16-7-8-16)12-15-5-3-14(11-17)4-6-15/h3-6,13,16H,7-10,12H2,1-2H3. The van der Waals surface area contributed by atoms with E-state index in [9.17, 15) is 0 Å². The average molecular weight is 242 g/mol. The van der Waals surface area contributed by atoms with Crippen molar-refractivity contribution in [3.8, 4) is 6.07 Å². The van der Waals surface area contributed by atoms with Gasteiger partial charge in [0, 0.05) is 12.6 Å². The number of rotatable bonds is 6. The third kappa shape index (κ3) is 3.85. The van der Waals surface area contributed by atoms with E-state index in [1.165, 1.54) is 31.4 Å². The van der Waals surface area contributed by atoms with Crippen molar-refractivity contribution in [3.63, 3.8) is 0 Å². The summed E-state index contributed by atoms with van der Waals surface area (Å²) in [5.41, 5.74) is 2.07. The van der Waals surface area contributed by atoms with E-state index in [0.717, 1.165) is 24.1 Å². The highest BCUT2D eigenvalue weighted by Gasteiger charge is 2.28. The zero-order valence-corrected chi connectivity index (χ0v) is 11.4. The van der Waals surface area contributed by atoms with Crippen molar-refractivity contribution in [3.05, 3.63) is 35.4 Å². The van der Waals surface area contributed by atoms with Gasteiger partial charge in [0.05, 0.1) is 11.6 Å². The van der Waals surface area contributed by atoms with Crippen LogP contribution in [0.4, 0.5) is 0 Å². The Kier molecular flexibility index (Phi) is 4.38. The van der Waals surface area contributed by atoms with Crippen LogP contribution in [0.3, 0.4) is 0 Å². The van der Waals surface area contributed by atoms with E-state index in [1.54, 1.807) is 0 Å². The molecular formula is C16H22N2. The molecule has 1 aromatic carbocycles. The van der Waals surface area contributed by atoms with E-state index in [0.29, 0.717) is 0 Å². The van der Waals surface area contributed by atoms with Gasteiger partial charge in [0.15, 0.2) is 0 Å². The minimum Gasteiger partial charge on any atom is -0.296 e. The SMILES string of the molecule is CC(C)CCN(Cc1ccc(C#N)cc1)C1CC1. The number of benzene rings is 1. The van der Waals surface area contributed by atoms with Crippen LogP contribution in [-0.2, 0) is 6.54 Å². The zero-order valence-electron chi connectivity index (χ0n) is 11.4. The number of hydrogen-bond acceptors (Lipinski definition) is 2. The van der Waals surface area contributed by atoms with E-state index in [-0.39, 0.29) is 0 Å². The number of hydrogen-bond donors (Lipinski definition) is 0. The molecule has 18 heavy (non-hydrogen) atoms. The molecule has 0 amide bonds. The van der Waals surface area contributed by atoms with Gasteiger partial charge in [-0.15, -0.1) is 0 Å². The van der Waals surface area contributed by atoms with Gasteiger partial charge in [-0.25, -0.2) is 0 Å². The molecule has 0 radical (unpaired) electrons. The van der Waals surface area contributed by atoms with Gasteiger partial charge in [0.2, 0.25) is 0 Å². The van der Waals surface area contributed by atoms with Crippen LogP contribution in [0, 0.1) is 17.2 Å². The third-order valence-corrected chi connectivity index (χ3v) is 3.53. The van der Waals surface area contributed by atoms with Gasteiger partial charge in [-0.3, -0.25) is 4.90 Å². The van der Waals surface area contributed by atoms with E-state index in [4.69, 9.17) is 5.26 Å². The molecule has 2 rings (SSSR count). The van der Waals surface area contributed by atoms with E-state index < -0.39 is 0 Å². The first kappa shape index (κ1) is 13.1. The van der Waals surface area contributed by atoms with Crippen molar-refractivity contribution in [2.24, 2.45) is 5.92 Å². The maximum absolute atomic E-state index is 8.79. The average Bonchev–Trinajstić information content (AvgIpc) is 3.19. The second-order valence-corrected chi connectivity index (χ2v) is 5.69. The Balaban J connectivity index is 1.93. The molecule has 1 aliphatic carbocycles. The fourth-order valence-electron chi connectivity index (χ4n) is 2.17. The van der Waals surface area contributed by atoms with Crippen molar-refractivity contribution < 1.29 is 0 Å². The molecule has 1 saturated carbocycles. The fraction of sp³-hybridized carbons (Fsp3) is 0.562. The molecule has 0 bridgehead atoms. The summed E-state index contributed by atoms with van der Waals surface area (Å²) in [6.45, 7) is 6.80. The van der Waals surface area contributed by atoms with Crippen LogP contribution in [0.2, 0.25) is 0 Å². The van der Waals surface area contributed by atoms with Crippen LogP contribution in [0.15, 0.2) is 24.3 Å². The second-order valence-electron chi connectivity index (χ2n) is 5.69. The zero-order chi connectivity index (χ0) is 13.0. The third-order valence-electron chi connectivity index (χ3n) is 3.53. The molecule has 96 valence electrons. The minimum atomic E-state index is 0.749. The Hall–Kier alpha value is -1.33. The maximum Gasteiger partial charge on any atom is 0.0991 e. The molecule has 0 aromatic heterocycles. The summed E-state index contributed by atoms with van der Waals surface area (Å²) in [6.07, 6.45) is 3.98. The summed E-state index contributed by atoms with van der Waals surface area (Å²) in [5, 5.41) is 8.79. The Bertz CT molecular complexity index is 410. The Morgan fingerprint density at radius 3 is 2.44 bits per heavy atom. The number of nitriles is 1. The van der Waals surface area contributed by atoms with Crippen LogP contribution in [0.1, 0.15) is 44.2 Å². The maximum atomic E-state index is 8.79. The molecule has 1 aliphatic rings. The van der Waals surface area contributed by atoms with Crippen LogP contribution in [0.25, 0.3) is 0 Å². The Labute approximate surface area is 110 Å². The quantitative estimate of drug-likeness (QED) is 0.762. The van der Waals surface area contributed by atoms with Crippen molar-refractivity contribution in [1.29, 1.82) is 5.26 Å². The predicted octanol–water partition coefficient (Wildman–Crippen LogP) is 3.57. The lowest BCUT2D eigenvalue weighted by atomic mass is 10.1. The van der Waals surface area contributed by atoms with E-state index in [2.05, 4.69) is 36.9 Å². The lowest BCUT2D eigenvalue weighted by molar-refractivity contribution is 0.239. The summed E-state index contributed by atoms with van der Waals surface area (Å²) in [4.78, 5) is 2.60.